The first-order valence-corrected chi connectivity index (χ1v) is 10.6. The summed E-state index contributed by atoms with van der Waals surface area (Å²) in [7, 11) is 6.40. The Kier molecular flexibility index (Phi) is 5.77. The number of thiocarbonyl (C=S) groups is 1. The molecule has 3 rings (SSSR count). The van der Waals surface area contributed by atoms with E-state index in [0.717, 1.165) is 40.9 Å². The van der Waals surface area contributed by atoms with Gasteiger partial charge in [0, 0.05) is 16.0 Å². The first-order valence-electron chi connectivity index (χ1n) is 9.44. The van der Waals surface area contributed by atoms with Crippen LogP contribution in [0.5, 0.6) is 0 Å². The summed E-state index contributed by atoms with van der Waals surface area (Å²) in [6.07, 6.45) is 4.64. The molecule has 8 heteroatoms. The Hall–Kier alpha value is -0.585. The van der Waals surface area contributed by atoms with Crippen molar-refractivity contribution in [2.45, 2.75) is 56.6 Å². The molecule has 1 aromatic carbocycles. The predicted molar refractivity (Wildman–Crippen MR) is 125 cm³/mol. The minimum atomic E-state index is -0.443. The lowest BCUT2D eigenvalue weighted by Gasteiger charge is -2.42. The molecule has 0 bridgehead atoms. The summed E-state index contributed by atoms with van der Waals surface area (Å²) in [5.74, 6) is 0.408. The summed E-state index contributed by atoms with van der Waals surface area (Å²) < 4.78 is 7.30. The molecule has 26 heavy (non-hydrogen) atoms. The SMILES string of the molecule is BC(B)(B)OC1CCC(C2(c3cc(Br)ccc3C)N=C(C)C(=S)N2)CC1. The highest BCUT2D eigenvalue weighted by atomic mass is 79.9. The van der Waals surface area contributed by atoms with Crippen molar-refractivity contribution in [3.05, 3.63) is 33.8 Å². The highest BCUT2D eigenvalue weighted by Gasteiger charge is 2.47. The van der Waals surface area contributed by atoms with Crippen LogP contribution >= 0.6 is 28.1 Å². The molecule has 3 nitrogen and oxygen atoms in total. The fourth-order valence-corrected chi connectivity index (χ4v) is 4.81. The Morgan fingerprint density at radius 3 is 2.42 bits per heavy atom. The van der Waals surface area contributed by atoms with Gasteiger partial charge in [-0.25, -0.2) is 0 Å². The number of aryl methyl sites for hydroxylation is 1. The molecule has 0 amide bonds. The molecule has 1 unspecified atom stereocenters. The number of nitrogens with zero attached hydrogens (tertiary/aromatic N) is 1. The molecule has 1 aromatic rings. The highest BCUT2D eigenvalue weighted by molar-refractivity contribution is 9.10. The predicted octanol–water partition coefficient (Wildman–Crippen LogP) is 1.39. The molecule has 1 aliphatic heterocycles. The van der Waals surface area contributed by atoms with E-state index in [-0.39, 0.29) is 5.30 Å². The summed E-state index contributed by atoms with van der Waals surface area (Å²) >= 11 is 9.19. The van der Waals surface area contributed by atoms with Crippen LogP contribution in [0.15, 0.2) is 27.7 Å². The molecule has 0 radical (unpaired) electrons. The summed E-state index contributed by atoms with van der Waals surface area (Å²) in [6, 6.07) is 6.44. The van der Waals surface area contributed by atoms with Crippen molar-refractivity contribution in [2.24, 2.45) is 10.9 Å². The summed E-state index contributed by atoms with van der Waals surface area (Å²) in [6.45, 7) is 4.17. The van der Waals surface area contributed by atoms with Crippen molar-refractivity contribution in [2.75, 3.05) is 0 Å². The van der Waals surface area contributed by atoms with Gasteiger partial charge in [-0.2, -0.15) is 0 Å². The molecule has 2 aliphatic rings. The van der Waals surface area contributed by atoms with Crippen LogP contribution in [0.1, 0.15) is 43.7 Å². The maximum absolute atomic E-state index is 6.22. The van der Waals surface area contributed by atoms with Crippen molar-refractivity contribution in [3.8, 4) is 0 Å². The summed E-state index contributed by atoms with van der Waals surface area (Å²) in [5.41, 5.74) is 2.97. The minimum absolute atomic E-state index is 0.0853. The van der Waals surface area contributed by atoms with E-state index in [4.69, 9.17) is 21.9 Å². The van der Waals surface area contributed by atoms with Crippen LogP contribution in [0.3, 0.4) is 0 Å². The third-order valence-corrected chi connectivity index (χ3v) is 6.26. The van der Waals surface area contributed by atoms with E-state index >= 15 is 0 Å². The monoisotopic (exact) mass is 430 g/mol. The van der Waals surface area contributed by atoms with Gasteiger partial charge in [0.25, 0.3) is 0 Å². The van der Waals surface area contributed by atoms with E-state index < -0.39 is 5.66 Å². The van der Waals surface area contributed by atoms with Crippen LogP contribution in [0.2, 0.25) is 0 Å². The highest BCUT2D eigenvalue weighted by Crippen LogP contribution is 2.45. The van der Waals surface area contributed by atoms with Crippen molar-refractivity contribution >= 4 is 62.4 Å². The largest absolute Gasteiger partial charge is 0.398 e. The zero-order valence-corrected chi connectivity index (χ0v) is 18.8. The van der Waals surface area contributed by atoms with Crippen molar-refractivity contribution < 1.29 is 4.74 Å². The smallest absolute Gasteiger partial charge is 0.159 e. The zero-order chi connectivity index (χ0) is 19.1. The number of halogens is 1. The van der Waals surface area contributed by atoms with Gasteiger partial charge in [0.05, 0.1) is 11.8 Å². The molecular formula is C18H26B3BrN2OS. The number of rotatable bonds is 4. The van der Waals surface area contributed by atoms with Crippen LogP contribution in [-0.4, -0.2) is 45.6 Å². The van der Waals surface area contributed by atoms with Crippen molar-refractivity contribution in [3.63, 3.8) is 0 Å². The Morgan fingerprint density at radius 1 is 1.23 bits per heavy atom. The Morgan fingerprint density at radius 2 is 1.88 bits per heavy atom. The lowest BCUT2D eigenvalue weighted by molar-refractivity contribution is 0.00118. The first kappa shape index (κ1) is 20.2. The lowest BCUT2D eigenvalue weighted by atomic mass is 9.52. The molecule has 136 valence electrons. The average Bonchev–Trinajstić information content (AvgIpc) is 2.85. The van der Waals surface area contributed by atoms with Gasteiger partial charge in [-0.15, -0.1) is 0 Å². The number of aliphatic imine (C=N–C) groups is 1. The van der Waals surface area contributed by atoms with E-state index in [1.165, 1.54) is 11.1 Å². The van der Waals surface area contributed by atoms with Crippen LogP contribution in [-0.2, 0) is 10.4 Å². The van der Waals surface area contributed by atoms with Crippen molar-refractivity contribution in [1.82, 2.24) is 5.32 Å². The van der Waals surface area contributed by atoms with E-state index in [1.807, 2.05) is 6.92 Å². The maximum atomic E-state index is 6.22. The standard InChI is InChI=1S/C18H26B3BrN2OS/c1-10-3-6-13(22)9-15(10)17(23-11(2)16(26)24-17)12-4-7-14(8-5-12)25-18(19,20)21/h3,6,9,12,14H,4-5,7-8,19-21H2,1-2H3,(H,24,26). The third-order valence-electron chi connectivity index (χ3n) is 5.37. The van der Waals surface area contributed by atoms with Gasteiger partial charge < -0.3 is 10.1 Å². The maximum Gasteiger partial charge on any atom is 0.159 e. The van der Waals surface area contributed by atoms with Gasteiger partial charge in [-0.05, 0) is 62.5 Å². The number of nitrogens with one attached hydrogen (secondary N) is 1. The molecular weight excluding hydrogens is 405 g/mol. The Bertz CT molecular complexity index is 744. The number of ether oxygens (including phenoxy) is 1. The fourth-order valence-electron chi connectivity index (χ4n) is 4.25. The minimum Gasteiger partial charge on any atom is -0.398 e. The number of hydrogen-bond acceptors (Lipinski definition) is 3. The molecule has 1 fully saturated rings. The Balaban J connectivity index is 1.90. The molecule has 0 spiro atoms. The van der Waals surface area contributed by atoms with Gasteiger partial charge in [0.2, 0.25) is 0 Å². The van der Waals surface area contributed by atoms with E-state index in [9.17, 15) is 0 Å². The second kappa shape index (κ2) is 7.44. The average molecular weight is 431 g/mol. The van der Waals surface area contributed by atoms with E-state index in [2.05, 4.69) is 69.9 Å². The third kappa shape index (κ3) is 4.12. The van der Waals surface area contributed by atoms with Crippen LogP contribution in [0.25, 0.3) is 0 Å². The molecule has 1 aliphatic carbocycles. The summed E-state index contributed by atoms with van der Waals surface area (Å²) in [5, 5.41) is 3.52. The molecule has 1 N–H and O–H groups in total. The number of benzene rings is 1. The fraction of sp³-hybridized carbons (Fsp3) is 0.556. The summed E-state index contributed by atoms with van der Waals surface area (Å²) in [4.78, 5) is 5.87. The topological polar surface area (TPSA) is 33.6 Å². The van der Waals surface area contributed by atoms with Gasteiger partial charge in [0.1, 0.15) is 28.5 Å². The van der Waals surface area contributed by atoms with Gasteiger partial charge >= 0.3 is 0 Å². The first-order chi connectivity index (χ1) is 12.1. The Labute approximate surface area is 173 Å². The van der Waals surface area contributed by atoms with Gasteiger partial charge in [-0.3, -0.25) is 4.99 Å². The molecule has 1 atom stereocenters. The quantitative estimate of drug-likeness (QED) is 0.579. The number of hydrogen-bond donors (Lipinski definition) is 1. The molecule has 0 aromatic heterocycles. The zero-order valence-electron chi connectivity index (χ0n) is 16.4. The van der Waals surface area contributed by atoms with E-state index in [1.54, 1.807) is 0 Å². The molecule has 1 heterocycles. The normalized spacial score (nSPS) is 29.3. The second-order valence-electron chi connectivity index (χ2n) is 8.58. The van der Waals surface area contributed by atoms with Crippen molar-refractivity contribution in [1.29, 1.82) is 0 Å². The lowest BCUT2D eigenvalue weighted by Crippen LogP contribution is -2.48. The molecule has 1 saturated carbocycles. The van der Waals surface area contributed by atoms with Crippen LogP contribution in [0.4, 0.5) is 0 Å². The van der Waals surface area contributed by atoms with Gasteiger partial charge in [0.15, 0.2) is 5.66 Å². The van der Waals surface area contributed by atoms with Crippen LogP contribution in [0, 0.1) is 12.8 Å². The van der Waals surface area contributed by atoms with Gasteiger partial charge in [-0.1, -0.05) is 34.2 Å². The second-order valence-corrected chi connectivity index (χ2v) is 9.90. The van der Waals surface area contributed by atoms with E-state index in [0.29, 0.717) is 12.0 Å². The van der Waals surface area contributed by atoms with Crippen LogP contribution < -0.4 is 5.32 Å². The molecule has 0 saturated heterocycles.